The first-order valence-electron chi connectivity index (χ1n) is 11.1. The van der Waals surface area contributed by atoms with Gasteiger partial charge in [-0.3, -0.25) is 9.59 Å². The van der Waals surface area contributed by atoms with Gasteiger partial charge in [0.2, 0.25) is 11.8 Å². The third-order valence-electron chi connectivity index (χ3n) is 5.30. The molecule has 34 heavy (non-hydrogen) atoms. The summed E-state index contributed by atoms with van der Waals surface area (Å²) < 4.78 is 0.970. The third kappa shape index (κ3) is 8.19. The van der Waals surface area contributed by atoms with E-state index < -0.39 is 6.04 Å². The summed E-state index contributed by atoms with van der Waals surface area (Å²) >= 11 is 11.0. The van der Waals surface area contributed by atoms with Crippen molar-refractivity contribution in [2.75, 3.05) is 12.3 Å². The molecule has 3 rings (SSSR count). The van der Waals surface area contributed by atoms with E-state index >= 15 is 0 Å². The van der Waals surface area contributed by atoms with E-state index in [0.29, 0.717) is 30.3 Å². The summed E-state index contributed by atoms with van der Waals surface area (Å²) in [6.45, 7) is 2.76. The first-order chi connectivity index (χ1) is 16.5. The average molecular weight is 560 g/mol. The maximum atomic E-state index is 13.5. The fraction of sp³-hybridized carbons (Fsp3) is 0.259. The zero-order valence-electron chi connectivity index (χ0n) is 19.0. The van der Waals surface area contributed by atoms with Gasteiger partial charge in [0.25, 0.3) is 0 Å². The fourth-order valence-corrected chi connectivity index (χ4v) is 4.81. The summed E-state index contributed by atoms with van der Waals surface area (Å²) in [6.07, 6.45) is 0.455. The summed E-state index contributed by atoms with van der Waals surface area (Å²) in [7, 11) is 0. The van der Waals surface area contributed by atoms with Gasteiger partial charge in [0.05, 0.1) is 5.75 Å². The summed E-state index contributed by atoms with van der Waals surface area (Å²) in [5, 5.41) is 3.61. The number of thioether (sulfide) groups is 1. The third-order valence-corrected chi connectivity index (χ3v) is 7.06. The molecule has 7 heteroatoms. The molecule has 3 aromatic rings. The SMILES string of the molecule is CCNC(=O)[C@H](Cc1ccccc1)N(Cc1ccc(Br)cc1)C(=O)CSCc1ccc(Cl)cc1. The van der Waals surface area contributed by atoms with Gasteiger partial charge in [0.1, 0.15) is 6.04 Å². The molecule has 0 spiro atoms. The van der Waals surface area contributed by atoms with Gasteiger partial charge < -0.3 is 10.2 Å². The molecule has 0 aliphatic heterocycles. The van der Waals surface area contributed by atoms with Gasteiger partial charge >= 0.3 is 0 Å². The number of nitrogens with one attached hydrogen (secondary N) is 1. The molecule has 0 bridgehead atoms. The number of hydrogen-bond donors (Lipinski definition) is 1. The molecule has 4 nitrogen and oxygen atoms in total. The van der Waals surface area contributed by atoms with Crippen LogP contribution in [0, 0.1) is 0 Å². The van der Waals surface area contributed by atoms with E-state index in [0.717, 1.165) is 21.2 Å². The lowest BCUT2D eigenvalue weighted by molar-refractivity contribution is -0.139. The predicted octanol–water partition coefficient (Wildman–Crippen LogP) is 6.11. The van der Waals surface area contributed by atoms with Crippen LogP contribution in [0.15, 0.2) is 83.3 Å². The van der Waals surface area contributed by atoms with Crippen molar-refractivity contribution in [3.8, 4) is 0 Å². The van der Waals surface area contributed by atoms with Crippen molar-refractivity contribution >= 4 is 51.1 Å². The normalized spacial score (nSPS) is 11.6. The van der Waals surface area contributed by atoms with Crippen LogP contribution in [0.1, 0.15) is 23.6 Å². The lowest BCUT2D eigenvalue weighted by Crippen LogP contribution is -2.51. The van der Waals surface area contributed by atoms with Crippen LogP contribution >= 0.6 is 39.3 Å². The summed E-state index contributed by atoms with van der Waals surface area (Å²) in [4.78, 5) is 28.3. The van der Waals surface area contributed by atoms with E-state index in [-0.39, 0.29) is 17.6 Å². The maximum absolute atomic E-state index is 13.5. The van der Waals surface area contributed by atoms with Crippen molar-refractivity contribution in [1.82, 2.24) is 10.2 Å². The molecule has 178 valence electrons. The van der Waals surface area contributed by atoms with Gasteiger partial charge in [-0.1, -0.05) is 82.1 Å². The van der Waals surface area contributed by atoms with Crippen molar-refractivity contribution in [3.63, 3.8) is 0 Å². The van der Waals surface area contributed by atoms with Gasteiger partial charge in [-0.25, -0.2) is 0 Å². The molecule has 1 atom stereocenters. The van der Waals surface area contributed by atoms with E-state index in [1.165, 1.54) is 11.8 Å². The Bertz CT molecular complexity index is 1060. The Hall–Kier alpha value is -2.28. The van der Waals surface area contributed by atoms with Crippen molar-refractivity contribution in [2.24, 2.45) is 0 Å². The van der Waals surface area contributed by atoms with Gasteiger partial charge in [-0.15, -0.1) is 11.8 Å². The lowest BCUT2D eigenvalue weighted by atomic mass is 10.0. The molecular weight excluding hydrogens is 532 g/mol. The van der Waals surface area contributed by atoms with Crippen LogP contribution in [0.5, 0.6) is 0 Å². The Morgan fingerprint density at radius 3 is 2.24 bits per heavy atom. The number of benzene rings is 3. The second-order valence-electron chi connectivity index (χ2n) is 7.87. The number of amides is 2. The molecule has 0 fully saturated rings. The molecule has 0 saturated carbocycles. The largest absolute Gasteiger partial charge is 0.355 e. The minimum Gasteiger partial charge on any atom is -0.355 e. The quantitative estimate of drug-likeness (QED) is 0.308. The molecule has 0 aliphatic carbocycles. The molecule has 0 saturated heterocycles. The van der Waals surface area contributed by atoms with Crippen LogP contribution in [0.2, 0.25) is 5.02 Å². The first-order valence-corrected chi connectivity index (χ1v) is 13.5. The number of likely N-dealkylation sites (N-methyl/N-ethyl adjacent to an activating group) is 1. The van der Waals surface area contributed by atoms with Crippen LogP contribution < -0.4 is 5.32 Å². The molecule has 0 heterocycles. The Kier molecular flexibility index (Phi) is 10.5. The molecule has 1 N–H and O–H groups in total. The molecule has 0 aliphatic rings. The van der Waals surface area contributed by atoms with Crippen molar-refractivity contribution < 1.29 is 9.59 Å². The highest BCUT2D eigenvalue weighted by Gasteiger charge is 2.30. The van der Waals surface area contributed by atoms with Gasteiger partial charge in [0.15, 0.2) is 0 Å². The summed E-state index contributed by atoms with van der Waals surface area (Å²) in [5.74, 6) is 0.775. The maximum Gasteiger partial charge on any atom is 0.243 e. The van der Waals surface area contributed by atoms with Gasteiger partial charge in [-0.2, -0.15) is 0 Å². The van der Waals surface area contributed by atoms with Crippen LogP contribution in [-0.2, 0) is 28.3 Å². The Labute approximate surface area is 219 Å². The number of nitrogens with zero attached hydrogens (tertiary/aromatic N) is 1. The first kappa shape index (κ1) is 26.3. The predicted molar refractivity (Wildman–Crippen MR) is 145 cm³/mol. The van der Waals surface area contributed by atoms with E-state index in [1.807, 2.05) is 85.8 Å². The minimum atomic E-state index is -0.602. The van der Waals surface area contributed by atoms with Crippen LogP contribution in [-0.4, -0.2) is 35.1 Å². The molecule has 3 aromatic carbocycles. The van der Waals surface area contributed by atoms with Crippen molar-refractivity contribution in [2.45, 2.75) is 31.7 Å². The highest BCUT2D eigenvalue weighted by molar-refractivity contribution is 9.10. The van der Waals surface area contributed by atoms with Gasteiger partial charge in [0, 0.05) is 34.8 Å². The Balaban J connectivity index is 1.81. The standard InChI is InChI=1S/C27H28BrClN2O2S/c1-2-30-27(33)25(16-20-6-4-3-5-7-20)31(17-21-8-12-23(28)13-9-21)26(32)19-34-18-22-10-14-24(29)15-11-22/h3-15,25H,2,16-19H2,1H3,(H,30,33)/t25-/m0/s1. The summed E-state index contributed by atoms with van der Waals surface area (Å²) in [5.41, 5.74) is 3.09. The van der Waals surface area contributed by atoms with E-state index in [9.17, 15) is 9.59 Å². The zero-order valence-corrected chi connectivity index (χ0v) is 22.2. The number of halogens is 2. The highest BCUT2D eigenvalue weighted by atomic mass is 79.9. The van der Waals surface area contributed by atoms with Crippen LogP contribution in [0.4, 0.5) is 0 Å². The average Bonchev–Trinajstić information content (AvgIpc) is 2.84. The number of hydrogen-bond acceptors (Lipinski definition) is 3. The van der Waals surface area contributed by atoms with E-state index in [4.69, 9.17) is 11.6 Å². The number of carbonyl (C=O) groups excluding carboxylic acids is 2. The van der Waals surface area contributed by atoms with Crippen LogP contribution in [0.25, 0.3) is 0 Å². The molecule has 0 aromatic heterocycles. The number of carbonyl (C=O) groups is 2. The van der Waals surface area contributed by atoms with Crippen LogP contribution in [0.3, 0.4) is 0 Å². The highest BCUT2D eigenvalue weighted by Crippen LogP contribution is 2.20. The second kappa shape index (κ2) is 13.6. The lowest BCUT2D eigenvalue weighted by Gasteiger charge is -2.31. The topological polar surface area (TPSA) is 49.4 Å². The van der Waals surface area contributed by atoms with Crippen molar-refractivity contribution in [1.29, 1.82) is 0 Å². The minimum absolute atomic E-state index is 0.0610. The second-order valence-corrected chi connectivity index (χ2v) is 10.2. The monoisotopic (exact) mass is 558 g/mol. The Morgan fingerprint density at radius 2 is 1.59 bits per heavy atom. The number of rotatable bonds is 11. The molecule has 2 amide bonds. The van der Waals surface area contributed by atoms with E-state index in [1.54, 1.807) is 4.90 Å². The molecular formula is C27H28BrClN2O2S. The van der Waals surface area contributed by atoms with Crippen molar-refractivity contribution in [3.05, 3.63) is 105 Å². The smallest absolute Gasteiger partial charge is 0.243 e. The zero-order chi connectivity index (χ0) is 24.3. The molecule has 0 radical (unpaired) electrons. The van der Waals surface area contributed by atoms with Gasteiger partial charge in [-0.05, 0) is 47.9 Å². The van der Waals surface area contributed by atoms with E-state index in [2.05, 4.69) is 21.2 Å². The molecule has 0 unspecified atom stereocenters. The fourth-order valence-electron chi connectivity index (χ4n) is 3.55. The summed E-state index contributed by atoms with van der Waals surface area (Å²) in [6, 6.07) is 24.7. The Morgan fingerprint density at radius 1 is 0.941 bits per heavy atom.